The molecule has 7 aromatic carbocycles. The van der Waals surface area contributed by atoms with Gasteiger partial charge in [-0.3, -0.25) is 0 Å². The van der Waals surface area contributed by atoms with E-state index in [4.69, 9.17) is 13.1 Å². The van der Waals surface area contributed by atoms with Crippen LogP contribution < -0.4 is 0 Å². The Morgan fingerprint density at radius 3 is 1.78 bits per heavy atom. The van der Waals surface area contributed by atoms with Crippen molar-refractivity contribution in [2.24, 2.45) is 0 Å². The molecule has 230 valence electrons. The summed E-state index contributed by atoms with van der Waals surface area (Å²) in [5.41, 5.74) is 11.4. The SMILES string of the molecule is [C-]#[N+]c1ccc2c3cc(C#N)ccc3n(-c3ccccc3-c3ccccc3-c3cc(-n4c5ccccc5c5ccccc54)ccc3[N+]#[C-])c2c1. The number of aromatic nitrogens is 2. The van der Waals surface area contributed by atoms with Gasteiger partial charge in [0, 0.05) is 38.3 Å². The Kier molecular flexibility index (Phi) is 6.56. The molecule has 9 rings (SSSR count). The molecular weight excluding hydrogens is 611 g/mol. The third-order valence-electron chi connectivity index (χ3n) is 9.60. The first-order valence-corrected chi connectivity index (χ1v) is 16.2. The molecule has 0 bridgehead atoms. The van der Waals surface area contributed by atoms with E-state index in [1.165, 1.54) is 10.8 Å². The van der Waals surface area contributed by atoms with Crippen LogP contribution in [0.5, 0.6) is 0 Å². The van der Waals surface area contributed by atoms with Gasteiger partial charge in [0.15, 0.2) is 11.4 Å². The zero-order chi connectivity index (χ0) is 33.8. The molecule has 0 aliphatic heterocycles. The second-order valence-corrected chi connectivity index (χ2v) is 12.2. The van der Waals surface area contributed by atoms with Gasteiger partial charge in [0.25, 0.3) is 0 Å². The van der Waals surface area contributed by atoms with Crippen molar-refractivity contribution in [3.63, 3.8) is 0 Å². The van der Waals surface area contributed by atoms with Crippen LogP contribution in [-0.2, 0) is 0 Å². The van der Waals surface area contributed by atoms with E-state index in [0.29, 0.717) is 16.9 Å². The average Bonchev–Trinajstić information content (AvgIpc) is 3.69. The molecule has 0 fully saturated rings. The van der Waals surface area contributed by atoms with E-state index in [1.54, 1.807) is 0 Å². The van der Waals surface area contributed by atoms with Crippen molar-refractivity contribution >= 4 is 55.0 Å². The van der Waals surface area contributed by atoms with Gasteiger partial charge in [-0.05, 0) is 71.3 Å². The first-order chi connectivity index (χ1) is 24.7. The Morgan fingerprint density at radius 2 is 1.08 bits per heavy atom. The maximum Gasteiger partial charge on any atom is 0.195 e. The van der Waals surface area contributed by atoms with Gasteiger partial charge in [-0.15, -0.1) is 0 Å². The normalized spacial score (nSPS) is 11.1. The maximum atomic E-state index is 9.71. The van der Waals surface area contributed by atoms with Gasteiger partial charge in [0.2, 0.25) is 0 Å². The number of rotatable bonds is 4. The number of para-hydroxylation sites is 3. The zero-order valence-corrected chi connectivity index (χ0v) is 26.7. The van der Waals surface area contributed by atoms with E-state index >= 15 is 0 Å². The van der Waals surface area contributed by atoms with Crippen LogP contribution in [0.25, 0.3) is 86.9 Å². The fraction of sp³-hybridized carbons (Fsp3) is 0. The first kappa shape index (κ1) is 28.8. The number of benzene rings is 7. The number of hydrogen-bond donors (Lipinski definition) is 0. The third-order valence-corrected chi connectivity index (χ3v) is 9.60. The third kappa shape index (κ3) is 4.31. The number of nitriles is 1. The van der Waals surface area contributed by atoms with E-state index in [2.05, 4.69) is 104 Å². The van der Waals surface area contributed by atoms with Crippen molar-refractivity contribution in [3.8, 4) is 39.7 Å². The molecule has 2 aromatic heterocycles. The highest BCUT2D eigenvalue weighted by molar-refractivity contribution is 6.12. The summed E-state index contributed by atoms with van der Waals surface area (Å²) in [6.07, 6.45) is 0. The molecule has 0 unspecified atom stereocenters. The molecule has 2 heterocycles. The summed E-state index contributed by atoms with van der Waals surface area (Å²) in [5, 5.41) is 14.0. The Labute approximate surface area is 288 Å². The zero-order valence-electron chi connectivity index (χ0n) is 26.7. The molecule has 9 aromatic rings. The fourth-order valence-corrected chi connectivity index (χ4v) is 7.43. The molecule has 0 saturated heterocycles. The second kappa shape index (κ2) is 11.4. The van der Waals surface area contributed by atoms with Crippen LogP contribution in [0, 0.1) is 24.5 Å². The van der Waals surface area contributed by atoms with Gasteiger partial charge < -0.3 is 9.13 Å². The number of fused-ring (bicyclic) bond motifs is 6. The van der Waals surface area contributed by atoms with E-state index < -0.39 is 0 Å². The van der Waals surface area contributed by atoms with Gasteiger partial charge in [0.1, 0.15) is 0 Å². The molecule has 0 aliphatic carbocycles. The summed E-state index contributed by atoms with van der Waals surface area (Å²) in [7, 11) is 0. The molecule has 0 atom stereocenters. The molecule has 0 saturated carbocycles. The van der Waals surface area contributed by atoms with Gasteiger partial charge in [0.05, 0.1) is 47.0 Å². The Bertz CT molecular complexity index is 2920. The maximum absolute atomic E-state index is 9.71. The first-order valence-electron chi connectivity index (χ1n) is 16.2. The predicted molar refractivity (Wildman–Crippen MR) is 203 cm³/mol. The van der Waals surface area contributed by atoms with Gasteiger partial charge >= 0.3 is 0 Å². The van der Waals surface area contributed by atoms with Crippen molar-refractivity contribution < 1.29 is 0 Å². The van der Waals surface area contributed by atoms with Crippen molar-refractivity contribution in [1.82, 2.24) is 9.13 Å². The summed E-state index contributed by atoms with van der Waals surface area (Å²) in [6, 6.07) is 53.3. The van der Waals surface area contributed by atoms with Gasteiger partial charge in [-0.1, -0.05) is 97.1 Å². The monoisotopic (exact) mass is 635 g/mol. The standard InChI is InChI=1S/C45H25N5/c1-47-30-20-22-37-39-25-29(28-46)19-24-44(39)50(45(37)26-30)43-18-10-5-13-34(43)32-11-3-4-12-33(32)38-27-31(21-23-40(38)48-2)49-41-16-8-6-14-35(41)36-15-7-9-17-42(36)49/h3-27H. The van der Waals surface area contributed by atoms with E-state index in [-0.39, 0.29) is 0 Å². The van der Waals surface area contributed by atoms with Crippen molar-refractivity contribution in [3.05, 3.63) is 180 Å². The minimum Gasteiger partial charge on any atom is -0.310 e. The highest BCUT2D eigenvalue weighted by atomic mass is 15.0. The van der Waals surface area contributed by atoms with Crippen LogP contribution in [0.3, 0.4) is 0 Å². The molecule has 0 amide bonds. The smallest absolute Gasteiger partial charge is 0.195 e. The van der Waals surface area contributed by atoms with Gasteiger partial charge in [-0.25, -0.2) is 9.69 Å². The Hall–Kier alpha value is -7.39. The van der Waals surface area contributed by atoms with Crippen molar-refractivity contribution in [1.29, 1.82) is 5.26 Å². The van der Waals surface area contributed by atoms with Crippen molar-refractivity contribution in [2.75, 3.05) is 0 Å². The summed E-state index contributed by atoms with van der Waals surface area (Å²) in [5.74, 6) is 0. The lowest BCUT2D eigenvalue weighted by Gasteiger charge is -2.18. The number of hydrogen-bond acceptors (Lipinski definition) is 1. The second-order valence-electron chi connectivity index (χ2n) is 12.2. The van der Waals surface area contributed by atoms with Crippen LogP contribution in [0.2, 0.25) is 0 Å². The lowest BCUT2D eigenvalue weighted by molar-refractivity contribution is 1.18. The molecule has 0 aliphatic rings. The van der Waals surface area contributed by atoms with E-state index in [1.807, 2.05) is 72.8 Å². The molecule has 50 heavy (non-hydrogen) atoms. The van der Waals surface area contributed by atoms with Gasteiger partial charge in [-0.2, -0.15) is 5.26 Å². The van der Waals surface area contributed by atoms with Crippen molar-refractivity contribution in [2.45, 2.75) is 0 Å². The highest BCUT2D eigenvalue weighted by Gasteiger charge is 2.20. The van der Waals surface area contributed by atoms with Crippen LogP contribution in [-0.4, -0.2) is 9.13 Å². The topological polar surface area (TPSA) is 42.4 Å². The van der Waals surface area contributed by atoms with E-state index in [0.717, 1.165) is 66.5 Å². The summed E-state index contributed by atoms with van der Waals surface area (Å²) in [4.78, 5) is 7.73. The quantitative estimate of drug-likeness (QED) is 0.177. The lowest BCUT2D eigenvalue weighted by atomic mass is 9.92. The van der Waals surface area contributed by atoms with E-state index in [9.17, 15) is 5.26 Å². The van der Waals surface area contributed by atoms with Crippen LogP contribution in [0.4, 0.5) is 11.4 Å². The molecule has 0 N–H and O–H groups in total. The Morgan fingerprint density at radius 1 is 0.460 bits per heavy atom. The van der Waals surface area contributed by atoms with Crippen LogP contribution in [0.1, 0.15) is 5.56 Å². The molecular formula is C45H25N5. The molecule has 5 nitrogen and oxygen atoms in total. The predicted octanol–water partition coefficient (Wildman–Crippen LogP) is 12.2. The Balaban J connectivity index is 1.30. The largest absolute Gasteiger partial charge is 0.310 e. The minimum absolute atomic E-state index is 0.545. The average molecular weight is 636 g/mol. The highest BCUT2D eigenvalue weighted by Crippen LogP contribution is 2.44. The molecule has 0 radical (unpaired) electrons. The summed E-state index contributed by atoms with van der Waals surface area (Å²) < 4.78 is 4.47. The fourth-order valence-electron chi connectivity index (χ4n) is 7.43. The molecule has 0 spiro atoms. The molecule has 5 heteroatoms. The lowest BCUT2D eigenvalue weighted by Crippen LogP contribution is -1.98. The summed E-state index contributed by atoms with van der Waals surface area (Å²) >= 11 is 0. The number of nitrogens with zero attached hydrogens (tertiary/aromatic N) is 5. The van der Waals surface area contributed by atoms with Crippen LogP contribution >= 0.6 is 0 Å². The summed E-state index contributed by atoms with van der Waals surface area (Å²) in [6.45, 7) is 15.9. The van der Waals surface area contributed by atoms with Crippen LogP contribution in [0.15, 0.2) is 152 Å². The minimum atomic E-state index is 0.545.